The van der Waals surface area contributed by atoms with Crippen molar-refractivity contribution in [2.75, 3.05) is 7.11 Å². The van der Waals surface area contributed by atoms with Crippen molar-refractivity contribution in [2.24, 2.45) is 17.8 Å². The third-order valence-electron chi connectivity index (χ3n) is 5.22. The van der Waals surface area contributed by atoms with Gasteiger partial charge < -0.3 is 14.9 Å². The third-order valence-corrected chi connectivity index (χ3v) is 5.22. The second kappa shape index (κ2) is 13.5. The van der Waals surface area contributed by atoms with Crippen molar-refractivity contribution in [3.8, 4) is 0 Å². The van der Waals surface area contributed by atoms with Crippen molar-refractivity contribution in [1.82, 2.24) is 0 Å². The molecule has 0 heterocycles. The number of aliphatic hydroxyl groups excluding tert-OH is 2. The molecule has 158 valence electrons. The molecule has 0 amide bonds. The van der Waals surface area contributed by atoms with Crippen LogP contribution in [0.3, 0.4) is 0 Å². The van der Waals surface area contributed by atoms with Gasteiger partial charge in [-0.05, 0) is 37.7 Å². The number of hydrogen-bond acceptors (Lipinski definition) is 5. The SMILES string of the molecule is CCCCC(C)CC(O)/C=C/C1C=CC(=O)C1C(O)CCC/C=C/C(=O)OC. The molecule has 0 fully saturated rings. The number of carbonyl (C=O) groups excluding carboxylic acids is 2. The summed E-state index contributed by atoms with van der Waals surface area (Å²) in [6, 6.07) is 0. The number of ketones is 1. The van der Waals surface area contributed by atoms with Crippen LogP contribution in [0.15, 0.2) is 36.5 Å². The van der Waals surface area contributed by atoms with Gasteiger partial charge in [0, 0.05) is 12.0 Å². The summed E-state index contributed by atoms with van der Waals surface area (Å²) in [7, 11) is 1.32. The predicted molar refractivity (Wildman–Crippen MR) is 111 cm³/mol. The van der Waals surface area contributed by atoms with E-state index in [1.54, 1.807) is 18.2 Å². The summed E-state index contributed by atoms with van der Waals surface area (Å²) >= 11 is 0. The van der Waals surface area contributed by atoms with Crippen molar-refractivity contribution in [2.45, 2.75) is 71.0 Å². The Morgan fingerprint density at radius 3 is 2.71 bits per heavy atom. The van der Waals surface area contributed by atoms with E-state index < -0.39 is 24.1 Å². The van der Waals surface area contributed by atoms with Crippen molar-refractivity contribution in [3.63, 3.8) is 0 Å². The molecule has 5 heteroatoms. The largest absolute Gasteiger partial charge is 0.466 e. The van der Waals surface area contributed by atoms with E-state index in [-0.39, 0.29) is 11.7 Å². The molecule has 0 aliphatic heterocycles. The lowest BCUT2D eigenvalue weighted by Crippen LogP contribution is -2.29. The maximum atomic E-state index is 12.2. The molecule has 0 bridgehead atoms. The molecule has 5 nitrogen and oxygen atoms in total. The summed E-state index contributed by atoms with van der Waals surface area (Å²) in [5.74, 6) is -0.694. The Morgan fingerprint density at radius 1 is 1.29 bits per heavy atom. The number of esters is 1. The molecule has 0 spiro atoms. The summed E-state index contributed by atoms with van der Waals surface area (Å²) in [5.41, 5.74) is 0. The molecule has 0 radical (unpaired) electrons. The standard InChI is InChI=1S/C23H36O5/c1-4-5-9-17(2)16-19(24)14-12-18-13-15-21(26)23(18)20(25)10-7-6-8-11-22(27)28-3/h8,11-15,17-20,23-25H,4-7,9-10,16H2,1-3H3/b11-8+,14-12+. The summed E-state index contributed by atoms with van der Waals surface area (Å²) in [6.45, 7) is 4.31. The second-order valence-electron chi connectivity index (χ2n) is 7.72. The van der Waals surface area contributed by atoms with E-state index in [1.807, 2.05) is 6.08 Å². The van der Waals surface area contributed by atoms with E-state index in [0.29, 0.717) is 31.6 Å². The lowest BCUT2D eigenvalue weighted by atomic mass is 9.86. The first-order chi connectivity index (χ1) is 13.4. The lowest BCUT2D eigenvalue weighted by Gasteiger charge is -2.22. The highest BCUT2D eigenvalue weighted by Crippen LogP contribution is 2.29. The van der Waals surface area contributed by atoms with Crippen LogP contribution in [0.5, 0.6) is 0 Å². The van der Waals surface area contributed by atoms with Gasteiger partial charge in [0.2, 0.25) is 0 Å². The smallest absolute Gasteiger partial charge is 0.330 e. The van der Waals surface area contributed by atoms with E-state index in [9.17, 15) is 19.8 Å². The first kappa shape index (κ1) is 24.3. The molecule has 5 atom stereocenters. The van der Waals surface area contributed by atoms with Gasteiger partial charge in [-0.1, -0.05) is 57.4 Å². The van der Waals surface area contributed by atoms with Gasteiger partial charge in [0.15, 0.2) is 5.78 Å². The number of allylic oxidation sites excluding steroid dienone is 4. The Bertz CT molecular complexity index is 563. The fraction of sp³-hybridized carbons (Fsp3) is 0.652. The normalized spacial score (nSPS) is 22.8. The Morgan fingerprint density at radius 2 is 2.04 bits per heavy atom. The van der Waals surface area contributed by atoms with Gasteiger partial charge in [-0.15, -0.1) is 0 Å². The Labute approximate surface area is 169 Å². The fourth-order valence-corrected chi connectivity index (χ4v) is 3.55. The van der Waals surface area contributed by atoms with Crippen molar-refractivity contribution >= 4 is 11.8 Å². The van der Waals surface area contributed by atoms with Crippen LogP contribution in [0.2, 0.25) is 0 Å². The second-order valence-corrected chi connectivity index (χ2v) is 7.72. The van der Waals surface area contributed by atoms with Gasteiger partial charge >= 0.3 is 5.97 Å². The highest BCUT2D eigenvalue weighted by atomic mass is 16.5. The predicted octanol–water partition coefficient (Wildman–Crippen LogP) is 3.75. The maximum absolute atomic E-state index is 12.2. The molecule has 0 aromatic heterocycles. The first-order valence-corrected chi connectivity index (χ1v) is 10.4. The first-order valence-electron chi connectivity index (χ1n) is 10.4. The van der Waals surface area contributed by atoms with Crippen LogP contribution in [-0.2, 0) is 14.3 Å². The molecule has 0 aromatic carbocycles. The fourth-order valence-electron chi connectivity index (χ4n) is 3.55. The van der Waals surface area contributed by atoms with Gasteiger partial charge in [-0.2, -0.15) is 0 Å². The zero-order valence-electron chi connectivity index (χ0n) is 17.4. The minimum absolute atomic E-state index is 0.0712. The van der Waals surface area contributed by atoms with Gasteiger partial charge in [-0.3, -0.25) is 4.79 Å². The van der Waals surface area contributed by atoms with Crippen LogP contribution < -0.4 is 0 Å². The van der Waals surface area contributed by atoms with E-state index in [4.69, 9.17) is 0 Å². The lowest BCUT2D eigenvalue weighted by molar-refractivity contribution is -0.134. The monoisotopic (exact) mass is 392 g/mol. The quantitative estimate of drug-likeness (QED) is 0.216. The van der Waals surface area contributed by atoms with Crippen molar-refractivity contribution < 1.29 is 24.5 Å². The summed E-state index contributed by atoms with van der Waals surface area (Å²) in [4.78, 5) is 23.2. The zero-order valence-corrected chi connectivity index (χ0v) is 17.4. The van der Waals surface area contributed by atoms with Crippen molar-refractivity contribution in [3.05, 3.63) is 36.5 Å². The molecule has 0 aromatic rings. The van der Waals surface area contributed by atoms with E-state index >= 15 is 0 Å². The summed E-state index contributed by atoms with van der Waals surface area (Å²) in [5, 5.41) is 20.7. The van der Waals surface area contributed by atoms with Crippen molar-refractivity contribution in [1.29, 1.82) is 0 Å². The molecule has 2 N–H and O–H groups in total. The summed E-state index contributed by atoms with van der Waals surface area (Å²) in [6.07, 6.45) is 14.7. The average Bonchev–Trinajstić information content (AvgIpc) is 3.04. The van der Waals surface area contributed by atoms with Crippen LogP contribution >= 0.6 is 0 Å². The molecule has 1 aliphatic rings. The Hall–Kier alpha value is -1.72. The molecule has 0 saturated heterocycles. The number of unbranched alkanes of at least 4 members (excludes halogenated alkanes) is 2. The van der Waals surface area contributed by atoms with Crippen LogP contribution in [0.1, 0.15) is 58.8 Å². The number of methoxy groups -OCH3 is 1. The number of aliphatic hydroxyl groups is 2. The minimum atomic E-state index is -0.746. The maximum Gasteiger partial charge on any atom is 0.330 e. The van der Waals surface area contributed by atoms with Crippen LogP contribution in [0.25, 0.3) is 0 Å². The molecular weight excluding hydrogens is 356 g/mol. The van der Waals surface area contributed by atoms with Crippen LogP contribution in [0.4, 0.5) is 0 Å². The number of hydrogen-bond donors (Lipinski definition) is 2. The molecule has 1 rings (SSSR count). The zero-order chi connectivity index (χ0) is 20.9. The Balaban J connectivity index is 2.48. The highest BCUT2D eigenvalue weighted by Gasteiger charge is 2.34. The van der Waals surface area contributed by atoms with Gasteiger partial charge in [0.25, 0.3) is 0 Å². The molecule has 1 aliphatic carbocycles. The number of ether oxygens (including phenoxy) is 1. The third kappa shape index (κ3) is 8.98. The minimum Gasteiger partial charge on any atom is -0.466 e. The van der Waals surface area contributed by atoms with E-state index in [1.165, 1.54) is 25.7 Å². The Kier molecular flexibility index (Phi) is 11.7. The van der Waals surface area contributed by atoms with E-state index in [2.05, 4.69) is 18.6 Å². The molecule has 28 heavy (non-hydrogen) atoms. The highest BCUT2D eigenvalue weighted by molar-refractivity contribution is 5.95. The van der Waals surface area contributed by atoms with Gasteiger partial charge in [0.05, 0.1) is 25.2 Å². The average molecular weight is 393 g/mol. The van der Waals surface area contributed by atoms with E-state index in [0.717, 1.165) is 12.8 Å². The summed E-state index contributed by atoms with van der Waals surface area (Å²) < 4.78 is 4.52. The van der Waals surface area contributed by atoms with Gasteiger partial charge in [0.1, 0.15) is 0 Å². The molecule has 0 saturated carbocycles. The van der Waals surface area contributed by atoms with Gasteiger partial charge in [-0.25, -0.2) is 4.79 Å². The van der Waals surface area contributed by atoms with Crippen LogP contribution in [-0.4, -0.2) is 41.3 Å². The van der Waals surface area contributed by atoms with Crippen LogP contribution in [0, 0.1) is 17.8 Å². The topological polar surface area (TPSA) is 83.8 Å². The number of rotatable bonds is 13. The molecular formula is C23H36O5. The number of carbonyl (C=O) groups is 2. The molecule has 5 unspecified atom stereocenters.